The summed E-state index contributed by atoms with van der Waals surface area (Å²) in [6, 6.07) is 5.54. The molecule has 9 heteroatoms. The van der Waals surface area contributed by atoms with Crippen molar-refractivity contribution >= 4 is 29.4 Å². The molecule has 0 bridgehead atoms. The van der Waals surface area contributed by atoms with E-state index < -0.39 is 24.0 Å². The lowest BCUT2D eigenvalue weighted by Crippen LogP contribution is -2.54. The number of primary amides is 1. The second kappa shape index (κ2) is 16.6. The molecule has 0 aromatic heterocycles. The normalized spacial score (nSPS) is 12.8. The number of unbranched alkanes of at least 4 members (excludes halogenated alkanes) is 1. The van der Waals surface area contributed by atoms with Crippen molar-refractivity contribution < 1.29 is 19.2 Å². The zero-order valence-corrected chi connectivity index (χ0v) is 23.4. The van der Waals surface area contributed by atoms with E-state index in [-0.39, 0.29) is 17.7 Å². The van der Waals surface area contributed by atoms with Crippen LogP contribution in [-0.4, -0.2) is 42.4 Å². The Morgan fingerprint density at radius 2 is 1.46 bits per heavy atom. The van der Waals surface area contributed by atoms with E-state index in [1.165, 1.54) is 5.56 Å². The quantitative estimate of drug-likeness (QED) is 0.213. The first-order chi connectivity index (χ1) is 17.4. The molecule has 1 rings (SSSR count). The van der Waals surface area contributed by atoms with Crippen LogP contribution in [0.3, 0.4) is 0 Å². The lowest BCUT2D eigenvalue weighted by atomic mass is 10.0. The maximum atomic E-state index is 13.2. The number of hydrogen-bond donors (Lipinski definition) is 5. The molecular weight excluding hydrogens is 470 g/mol. The molecule has 0 aliphatic carbocycles. The summed E-state index contributed by atoms with van der Waals surface area (Å²) in [5, 5.41) is 11.1. The van der Waals surface area contributed by atoms with Gasteiger partial charge in [0, 0.05) is 18.7 Å². The number of urea groups is 1. The van der Waals surface area contributed by atoms with E-state index in [0.29, 0.717) is 49.8 Å². The van der Waals surface area contributed by atoms with Gasteiger partial charge in [-0.25, -0.2) is 4.79 Å². The number of rotatable bonds is 16. The van der Waals surface area contributed by atoms with Crippen LogP contribution in [0.15, 0.2) is 24.3 Å². The summed E-state index contributed by atoms with van der Waals surface area (Å²) >= 11 is 0. The van der Waals surface area contributed by atoms with Crippen LogP contribution in [0.4, 0.5) is 10.5 Å². The molecule has 1 aromatic rings. The summed E-state index contributed by atoms with van der Waals surface area (Å²) < 4.78 is 0. The fourth-order valence-corrected chi connectivity index (χ4v) is 3.84. The van der Waals surface area contributed by atoms with Gasteiger partial charge in [0.2, 0.25) is 17.7 Å². The predicted molar refractivity (Wildman–Crippen MR) is 148 cm³/mol. The third kappa shape index (κ3) is 13.7. The maximum Gasteiger partial charge on any atom is 0.312 e. The lowest BCUT2D eigenvalue weighted by Gasteiger charge is -2.25. The minimum absolute atomic E-state index is 0.153. The van der Waals surface area contributed by atoms with Gasteiger partial charge >= 0.3 is 6.03 Å². The first-order valence-electron chi connectivity index (χ1n) is 13.4. The van der Waals surface area contributed by atoms with Gasteiger partial charge in [-0.1, -0.05) is 53.7 Å². The van der Waals surface area contributed by atoms with Gasteiger partial charge < -0.3 is 27.0 Å². The number of carbonyl (C=O) groups excluding carboxylic acids is 4. The zero-order chi connectivity index (χ0) is 28.0. The summed E-state index contributed by atoms with van der Waals surface area (Å²) in [4.78, 5) is 49.7. The van der Waals surface area contributed by atoms with Gasteiger partial charge in [-0.05, 0) is 67.6 Å². The van der Waals surface area contributed by atoms with Crippen molar-refractivity contribution in [1.82, 2.24) is 16.0 Å². The minimum atomic E-state index is -0.801. The molecule has 37 heavy (non-hydrogen) atoms. The van der Waals surface area contributed by atoms with Gasteiger partial charge in [-0.15, -0.1) is 0 Å². The van der Waals surface area contributed by atoms with Gasteiger partial charge in [0.15, 0.2) is 0 Å². The van der Waals surface area contributed by atoms with Gasteiger partial charge in [0.25, 0.3) is 0 Å². The summed E-state index contributed by atoms with van der Waals surface area (Å²) in [6.07, 6.45) is 3.59. The van der Waals surface area contributed by atoms with Crippen molar-refractivity contribution in [3.8, 4) is 0 Å². The number of nitrogens with one attached hydrogen (secondary N) is 4. The molecule has 9 nitrogen and oxygen atoms in total. The third-order valence-corrected chi connectivity index (χ3v) is 5.93. The number of nitrogens with two attached hydrogens (primary N) is 1. The van der Waals surface area contributed by atoms with Crippen LogP contribution < -0.4 is 27.0 Å². The van der Waals surface area contributed by atoms with Crippen LogP contribution >= 0.6 is 0 Å². The van der Waals surface area contributed by atoms with E-state index in [1.54, 1.807) is 0 Å². The molecule has 0 unspecified atom stereocenters. The highest BCUT2D eigenvalue weighted by Gasteiger charge is 2.28. The first-order valence-corrected chi connectivity index (χ1v) is 13.4. The van der Waals surface area contributed by atoms with Crippen molar-refractivity contribution in [2.24, 2.45) is 23.5 Å². The van der Waals surface area contributed by atoms with Crippen molar-refractivity contribution in [3.05, 3.63) is 29.8 Å². The Balaban J connectivity index is 2.89. The molecule has 0 saturated carbocycles. The second-order valence-electron chi connectivity index (χ2n) is 10.9. The van der Waals surface area contributed by atoms with Crippen LogP contribution in [0.2, 0.25) is 0 Å². The smallest absolute Gasteiger partial charge is 0.312 e. The van der Waals surface area contributed by atoms with Crippen LogP contribution in [-0.2, 0) is 20.8 Å². The van der Waals surface area contributed by atoms with Crippen LogP contribution in [0.5, 0.6) is 0 Å². The van der Waals surface area contributed by atoms with Gasteiger partial charge in [0.1, 0.15) is 12.1 Å². The first kappa shape index (κ1) is 31.9. The topological polar surface area (TPSA) is 142 Å². The molecule has 0 fully saturated rings. The molecule has 5 amide bonds. The fourth-order valence-electron chi connectivity index (χ4n) is 3.84. The second-order valence-corrected chi connectivity index (χ2v) is 10.9. The monoisotopic (exact) mass is 517 g/mol. The molecule has 0 saturated heterocycles. The van der Waals surface area contributed by atoms with Crippen molar-refractivity contribution in [2.45, 2.75) is 92.2 Å². The molecule has 0 aliphatic heterocycles. The number of carbonyl (C=O) groups is 4. The van der Waals surface area contributed by atoms with Crippen LogP contribution in [0.1, 0.15) is 79.2 Å². The Morgan fingerprint density at radius 1 is 0.811 bits per heavy atom. The molecule has 0 heterocycles. The molecule has 2 atom stereocenters. The molecule has 0 radical (unpaired) electrons. The summed E-state index contributed by atoms with van der Waals surface area (Å²) in [5.41, 5.74) is 6.94. The lowest BCUT2D eigenvalue weighted by molar-refractivity contribution is -0.132. The summed E-state index contributed by atoms with van der Waals surface area (Å²) in [7, 11) is 0. The zero-order valence-electron chi connectivity index (χ0n) is 23.4. The minimum Gasteiger partial charge on any atom is -0.352 e. The van der Waals surface area contributed by atoms with E-state index in [0.717, 1.165) is 12.8 Å². The fraction of sp³-hybridized carbons (Fsp3) is 0.643. The molecule has 208 valence electrons. The highest BCUT2D eigenvalue weighted by Crippen LogP contribution is 2.15. The van der Waals surface area contributed by atoms with Crippen molar-refractivity contribution in [3.63, 3.8) is 0 Å². The number of benzene rings is 1. The summed E-state index contributed by atoms with van der Waals surface area (Å²) in [6.45, 7) is 12.5. The highest BCUT2D eigenvalue weighted by atomic mass is 16.2. The molecular formula is C28H47N5O4. The third-order valence-electron chi connectivity index (χ3n) is 5.93. The Kier molecular flexibility index (Phi) is 14.3. The Morgan fingerprint density at radius 3 is 2.00 bits per heavy atom. The van der Waals surface area contributed by atoms with E-state index in [4.69, 9.17) is 5.73 Å². The number of anilines is 1. The van der Waals surface area contributed by atoms with Crippen molar-refractivity contribution in [2.75, 3.05) is 11.9 Å². The SMILES string of the molecule is CC(C)CCC(=O)N[C@H](C(=O)N[C@@H](CCCCNC(N)=O)C(=O)Nc1ccc(CC(C)C)cc1)C(C)C. The average Bonchev–Trinajstić information content (AvgIpc) is 2.80. The molecule has 1 aromatic carbocycles. The summed E-state index contributed by atoms with van der Waals surface area (Å²) in [5.74, 6) is -0.142. The Hall–Kier alpha value is -3.10. The Bertz CT molecular complexity index is 868. The van der Waals surface area contributed by atoms with Gasteiger partial charge in [-0.2, -0.15) is 0 Å². The van der Waals surface area contributed by atoms with Crippen molar-refractivity contribution in [1.29, 1.82) is 0 Å². The number of hydrogen-bond acceptors (Lipinski definition) is 4. The van der Waals surface area contributed by atoms with Crippen LogP contribution in [0, 0.1) is 17.8 Å². The number of amides is 5. The molecule has 6 N–H and O–H groups in total. The maximum absolute atomic E-state index is 13.2. The molecule has 0 spiro atoms. The van der Waals surface area contributed by atoms with Gasteiger partial charge in [0.05, 0.1) is 0 Å². The van der Waals surface area contributed by atoms with E-state index in [9.17, 15) is 19.2 Å². The largest absolute Gasteiger partial charge is 0.352 e. The molecule has 0 aliphatic rings. The van der Waals surface area contributed by atoms with Gasteiger partial charge in [-0.3, -0.25) is 14.4 Å². The average molecular weight is 518 g/mol. The van der Waals surface area contributed by atoms with Crippen LogP contribution in [0.25, 0.3) is 0 Å². The highest BCUT2D eigenvalue weighted by molar-refractivity contribution is 5.98. The van der Waals surface area contributed by atoms with E-state index >= 15 is 0 Å². The standard InChI is InChI=1S/C28H47N5O4/c1-18(2)10-15-24(34)33-25(20(5)6)27(36)32-23(9-7-8-16-30-28(29)37)26(35)31-22-13-11-21(12-14-22)17-19(3)4/h11-14,18-20,23,25H,7-10,15-17H2,1-6H3,(H,31,35)(H,32,36)(H,33,34)(H3,29,30,37)/t23-,25-/m0/s1. The Labute approximate surface area is 222 Å². The van der Waals surface area contributed by atoms with E-state index in [2.05, 4.69) is 35.1 Å². The van der Waals surface area contributed by atoms with E-state index in [1.807, 2.05) is 52.0 Å². The predicted octanol–water partition coefficient (Wildman–Crippen LogP) is 3.72.